The molecule has 0 unspecified atom stereocenters. The van der Waals surface area contributed by atoms with Crippen LogP contribution in [0, 0.1) is 6.92 Å². The van der Waals surface area contributed by atoms with Crippen molar-refractivity contribution in [1.29, 1.82) is 0 Å². The van der Waals surface area contributed by atoms with Crippen molar-refractivity contribution < 1.29 is 4.42 Å². The molecule has 0 atom stereocenters. The van der Waals surface area contributed by atoms with Gasteiger partial charge in [-0.15, -0.1) is 0 Å². The summed E-state index contributed by atoms with van der Waals surface area (Å²) in [5, 5.41) is 1.09. The maximum atomic E-state index is 5.82. The maximum Gasteiger partial charge on any atom is 0.153 e. The van der Waals surface area contributed by atoms with Crippen molar-refractivity contribution in [2.45, 2.75) is 6.92 Å². The van der Waals surface area contributed by atoms with Crippen LogP contribution in [0.4, 0.5) is 5.82 Å². The number of benzene rings is 1. The Morgan fingerprint density at radius 2 is 1.94 bits per heavy atom. The van der Waals surface area contributed by atoms with Crippen LogP contribution in [0.1, 0.15) is 5.56 Å². The summed E-state index contributed by atoms with van der Waals surface area (Å²) in [5.41, 5.74) is 8.46. The third-order valence-corrected chi connectivity index (χ3v) is 2.76. The summed E-state index contributed by atoms with van der Waals surface area (Å²) >= 11 is 0. The molecule has 0 aliphatic heterocycles. The summed E-state index contributed by atoms with van der Waals surface area (Å²) in [4.78, 5) is 4.25. The van der Waals surface area contributed by atoms with Crippen LogP contribution in [0.5, 0.6) is 0 Å². The highest BCUT2D eigenvalue weighted by atomic mass is 16.3. The van der Waals surface area contributed by atoms with Crippen LogP contribution < -0.4 is 5.73 Å². The number of fused-ring (bicyclic) bond motifs is 1. The summed E-state index contributed by atoms with van der Waals surface area (Å²) in [6.45, 7) is 2.03. The van der Waals surface area contributed by atoms with E-state index in [1.54, 1.807) is 6.07 Å². The Balaban J connectivity index is 2.22. The summed E-state index contributed by atoms with van der Waals surface area (Å²) < 4.78 is 5.82. The van der Waals surface area contributed by atoms with Crippen molar-refractivity contribution in [2.75, 3.05) is 5.73 Å². The molecule has 1 aromatic carbocycles. The van der Waals surface area contributed by atoms with E-state index in [4.69, 9.17) is 10.2 Å². The fraction of sp³-hybridized carbons (Fsp3) is 0.0714. The van der Waals surface area contributed by atoms with Crippen molar-refractivity contribution >= 4 is 16.8 Å². The number of nitrogens with zero attached hydrogens (tertiary/aromatic N) is 1. The Kier molecular flexibility index (Phi) is 2.11. The van der Waals surface area contributed by atoms with Crippen molar-refractivity contribution in [1.82, 2.24) is 4.98 Å². The Hall–Kier alpha value is -2.29. The second-order valence-corrected chi connectivity index (χ2v) is 4.05. The fourth-order valence-corrected chi connectivity index (χ4v) is 1.92. The van der Waals surface area contributed by atoms with E-state index in [2.05, 4.69) is 4.98 Å². The Bertz CT molecular complexity index is 686. The molecule has 0 saturated heterocycles. The second-order valence-electron chi connectivity index (χ2n) is 4.05. The molecule has 0 fully saturated rings. The highest BCUT2D eigenvalue weighted by Crippen LogP contribution is 2.28. The van der Waals surface area contributed by atoms with Gasteiger partial charge in [0.1, 0.15) is 17.1 Å². The minimum absolute atomic E-state index is 0.500. The predicted octanol–water partition coefficient (Wildman–Crippen LogP) is 3.39. The number of rotatable bonds is 1. The van der Waals surface area contributed by atoms with Crippen molar-refractivity contribution in [3.8, 4) is 11.5 Å². The Labute approximate surface area is 98.9 Å². The van der Waals surface area contributed by atoms with E-state index >= 15 is 0 Å². The van der Waals surface area contributed by atoms with Gasteiger partial charge >= 0.3 is 0 Å². The van der Waals surface area contributed by atoms with E-state index in [-0.39, 0.29) is 0 Å². The molecule has 2 heterocycles. The molecular formula is C14H12N2O. The highest BCUT2D eigenvalue weighted by molar-refractivity contribution is 5.84. The largest absolute Gasteiger partial charge is 0.454 e. The van der Waals surface area contributed by atoms with Gasteiger partial charge in [-0.25, -0.2) is 4.98 Å². The summed E-state index contributed by atoms with van der Waals surface area (Å²) in [6.07, 6.45) is 0. The molecule has 3 nitrogen and oxygen atoms in total. The van der Waals surface area contributed by atoms with Gasteiger partial charge in [-0.1, -0.05) is 24.3 Å². The smallest absolute Gasteiger partial charge is 0.153 e. The normalized spacial score (nSPS) is 10.9. The molecule has 0 bridgehead atoms. The van der Waals surface area contributed by atoms with Crippen molar-refractivity contribution in [2.24, 2.45) is 0 Å². The fourth-order valence-electron chi connectivity index (χ4n) is 1.92. The zero-order valence-corrected chi connectivity index (χ0v) is 9.47. The standard InChI is InChI=1S/C14H12N2O/c1-9-4-2-5-10-8-12(17-14(9)10)11-6-3-7-13(15)16-11/h2-8H,1H3,(H2,15,16). The first-order valence-corrected chi connectivity index (χ1v) is 5.46. The molecule has 0 aliphatic carbocycles. The van der Waals surface area contributed by atoms with Crippen LogP contribution >= 0.6 is 0 Å². The third-order valence-electron chi connectivity index (χ3n) is 2.76. The number of pyridine rings is 1. The first-order chi connectivity index (χ1) is 8.24. The highest BCUT2D eigenvalue weighted by Gasteiger charge is 2.08. The average molecular weight is 224 g/mol. The number of furan rings is 1. The van der Waals surface area contributed by atoms with E-state index in [0.717, 1.165) is 28.0 Å². The quantitative estimate of drug-likeness (QED) is 0.689. The molecule has 0 radical (unpaired) electrons. The van der Waals surface area contributed by atoms with Gasteiger partial charge in [0.15, 0.2) is 5.76 Å². The number of nitrogen functional groups attached to an aromatic ring is 1. The summed E-state index contributed by atoms with van der Waals surface area (Å²) in [6, 6.07) is 13.6. The number of aryl methyl sites for hydroxylation is 1. The van der Waals surface area contributed by atoms with Gasteiger partial charge in [0, 0.05) is 5.39 Å². The number of hydrogen-bond donors (Lipinski definition) is 1. The number of para-hydroxylation sites is 1. The van der Waals surface area contributed by atoms with E-state index < -0.39 is 0 Å². The topological polar surface area (TPSA) is 52.0 Å². The molecule has 0 amide bonds. The molecule has 3 rings (SSSR count). The summed E-state index contributed by atoms with van der Waals surface area (Å²) in [5.74, 6) is 1.25. The molecule has 2 aromatic heterocycles. The number of anilines is 1. The number of aromatic nitrogens is 1. The predicted molar refractivity (Wildman–Crippen MR) is 68.6 cm³/mol. The minimum Gasteiger partial charge on any atom is -0.454 e. The van der Waals surface area contributed by atoms with Crippen LogP contribution in [0.2, 0.25) is 0 Å². The molecule has 0 spiro atoms. The van der Waals surface area contributed by atoms with Gasteiger partial charge in [-0.05, 0) is 30.7 Å². The van der Waals surface area contributed by atoms with Crippen LogP contribution in [0.25, 0.3) is 22.4 Å². The van der Waals surface area contributed by atoms with Gasteiger partial charge < -0.3 is 10.2 Å². The lowest BCUT2D eigenvalue weighted by atomic mass is 10.2. The lowest BCUT2D eigenvalue weighted by molar-refractivity contribution is 0.626. The molecule has 17 heavy (non-hydrogen) atoms. The van der Waals surface area contributed by atoms with Crippen molar-refractivity contribution in [3.05, 3.63) is 48.0 Å². The molecular weight excluding hydrogens is 212 g/mol. The maximum absolute atomic E-state index is 5.82. The average Bonchev–Trinajstić information content (AvgIpc) is 2.74. The van der Waals surface area contributed by atoms with Crippen molar-refractivity contribution in [3.63, 3.8) is 0 Å². The summed E-state index contributed by atoms with van der Waals surface area (Å²) in [7, 11) is 0. The zero-order valence-electron chi connectivity index (χ0n) is 9.47. The number of nitrogens with two attached hydrogens (primary N) is 1. The van der Waals surface area contributed by atoms with Crippen LogP contribution in [0.3, 0.4) is 0 Å². The third kappa shape index (κ3) is 1.65. The first kappa shape index (κ1) is 9.90. The van der Waals surface area contributed by atoms with Crippen LogP contribution in [-0.4, -0.2) is 4.98 Å². The van der Waals surface area contributed by atoms with Gasteiger partial charge in [-0.3, -0.25) is 0 Å². The van der Waals surface area contributed by atoms with E-state index in [9.17, 15) is 0 Å². The van der Waals surface area contributed by atoms with Gasteiger partial charge in [-0.2, -0.15) is 0 Å². The molecule has 84 valence electrons. The lowest BCUT2D eigenvalue weighted by Gasteiger charge is -1.96. The van der Waals surface area contributed by atoms with E-state index in [1.165, 1.54) is 0 Å². The second kappa shape index (κ2) is 3.63. The van der Waals surface area contributed by atoms with Gasteiger partial charge in [0.05, 0.1) is 0 Å². The molecule has 2 N–H and O–H groups in total. The SMILES string of the molecule is Cc1cccc2cc(-c3cccc(N)n3)oc12. The molecule has 0 aliphatic rings. The van der Waals surface area contributed by atoms with E-state index in [1.807, 2.05) is 43.3 Å². The van der Waals surface area contributed by atoms with Gasteiger partial charge in [0.2, 0.25) is 0 Å². The molecule has 3 aromatic rings. The minimum atomic E-state index is 0.500. The number of hydrogen-bond acceptors (Lipinski definition) is 3. The van der Waals surface area contributed by atoms with Gasteiger partial charge in [0.25, 0.3) is 0 Å². The van der Waals surface area contributed by atoms with Crippen LogP contribution in [-0.2, 0) is 0 Å². The zero-order chi connectivity index (χ0) is 11.8. The Morgan fingerprint density at radius 3 is 2.71 bits per heavy atom. The molecule has 3 heteroatoms. The monoisotopic (exact) mass is 224 g/mol. The van der Waals surface area contributed by atoms with Crippen LogP contribution in [0.15, 0.2) is 46.9 Å². The molecule has 0 saturated carbocycles. The Morgan fingerprint density at radius 1 is 1.12 bits per heavy atom. The van der Waals surface area contributed by atoms with E-state index in [0.29, 0.717) is 5.82 Å². The lowest BCUT2D eigenvalue weighted by Crippen LogP contribution is -1.90. The first-order valence-electron chi connectivity index (χ1n) is 5.46.